The highest BCUT2D eigenvalue weighted by Crippen LogP contribution is 2.56. The third-order valence-electron chi connectivity index (χ3n) is 11.8. The summed E-state index contributed by atoms with van der Waals surface area (Å²) in [7, 11) is 0. The molecule has 0 amide bonds. The van der Waals surface area contributed by atoms with Crippen molar-refractivity contribution in [2.45, 2.75) is 5.41 Å². The quantitative estimate of drug-likeness (QED) is 0.157. The third kappa shape index (κ3) is 5.37. The van der Waals surface area contributed by atoms with Gasteiger partial charge in [0.1, 0.15) is 0 Å². The van der Waals surface area contributed by atoms with E-state index < -0.39 is 5.41 Å². The highest BCUT2D eigenvalue weighted by atomic mass is 32.1. The Kier molecular flexibility index (Phi) is 7.98. The number of nitrogens with zero attached hydrogens (tertiary/aromatic N) is 1. The number of hydrogen-bond donors (Lipinski definition) is 0. The number of rotatable bonds is 7. The predicted molar refractivity (Wildman–Crippen MR) is 242 cm³/mol. The normalized spacial score (nSPS) is 12.7. The Hall–Kier alpha value is -7.00. The Balaban J connectivity index is 0.975. The van der Waals surface area contributed by atoms with Crippen LogP contribution < -0.4 is 4.90 Å². The van der Waals surface area contributed by atoms with E-state index in [9.17, 15) is 0 Å². The molecule has 1 aliphatic carbocycles. The Labute approximate surface area is 337 Å². The third-order valence-corrected chi connectivity index (χ3v) is 13.0. The van der Waals surface area contributed by atoms with E-state index >= 15 is 0 Å². The monoisotopic (exact) mass is 743 g/mol. The zero-order valence-corrected chi connectivity index (χ0v) is 32.0. The maximum Gasteiger partial charge on any atom is 0.0713 e. The van der Waals surface area contributed by atoms with E-state index in [0.29, 0.717) is 0 Å². The molecule has 10 aromatic rings. The second-order valence-corrected chi connectivity index (χ2v) is 15.9. The molecule has 57 heavy (non-hydrogen) atoms. The number of anilines is 3. The number of fused-ring (bicyclic) bond motifs is 6. The van der Waals surface area contributed by atoms with Gasteiger partial charge in [0.05, 0.1) is 5.41 Å². The average molecular weight is 744 g/mol. The van der Waals surface area contributed by atoms with Crippen molar-refractivity contribution in [3.63, 3.8) is 0 Å². The molecule has 0 unspecified atom stereocenters. The molecule has 11 rings (SSSR count). The van der Waals surface area contributed by atoms with Crippen molar-refractivity contribution in [2.75, 3.05) is 4.90 Å². The lowest BCUT2D eigenvalue weighted by atomic mass is 9.67. The van der Waals surface area contributed by atoms with E-state index in [1.165, 1.54) is 75.8 Å². The van der Waals surface area contributed by atoms with Crippen LogP contribution in [0.5, 0.6) is 0 Å². The van der Waals surface area contributed by atoms with Crippen LogP contribution in [0.3, 0.4) is 0 Å². The first kappa shape index (κ1) is 33.3. The molecule has 0 N–H and O–H groups in total. The molecule has 1 aliphatic rings. The van der Waals surface area contributed by atoms with E-state index in [4.69, 9.17) is 0 Å². The second-order valence-electron chi connectivity index (χ2n) is 14.8. The van der Waals surface area contributed by atoms with Crippen LogP contribution in [0.15, 0.2) is 224 Å². The van der Waals surface area contributed by atoms with Gasteiger partial charge in [-0.2, -0.15) is 0 Å². The summed E-state index contributed by atoms with van der Waals surface area (Å²) < 4.78 is 2.66. The first-order valence-corrected chi connectivity index (χ1v) is 20.4. The highest BCUT2D eigenvalue weighted by Gasteiger charge is 2.45. The van der Waals surface area contributed by atoms with Crippen molar-refractivity contribution in [1.82, 2.24) is 0 Å². The molecular weight excluding hydrogens is 707 g/mol. The summed E-state index contributed by atoms with van der Waals surface area (Å²) in [5.41, 5.74) is 15.7. The second kappa shape index (κ2) is 13.6. The van der Waals surface area contributed by atoms with Gasteiger partial charge in [-0.1, -0.05) is 176 Å². The molecule has 0 atom stereocenters. The number of thiophene rings is 1. The summed E-state index contributed by atoms with van der Waals surface area (Å²) in [6, 6.07) is 82.2. The van der Waals surface area contributed by atoms with Gasteiger partial charge in [0.15, 0.2) is 0 Å². The van der Waals surface area contributed by atoms with Crippen LogP contribution in [0.4, 0.5) is 17.1 Å². The van der Waals surface area contributed by atoms with Gasteiger partial charge in [0, 0.05) is 37.2 Å². The molecule has 2 heteroatoms. The topological polar surface area (TPSA) is 3.24 Å². The van der Waals surface area contributed by atoms with Crippen LogP contribution in [-0.2, 0) is 5.41 Å². The molecule has 0 fully saturated rings. The lowest BCUT2D eigenvalue weighted by Gasteiger charge is -2.33. The summed E-state index contributed by atoms with van der Waals surface area (Å²) in [5, 5.41) is 2.65. The van der Waals surface area contributed by atoms with Crippen LogP contribution in [0.2, 0.25) is 0 Å². The van der Waals surface area contributed by atoms with Gasteiger partial charge in [-0.3, -0.25) is 0 Å². The number of hydrogen-bond acceptors (Lipinski definition) is 2. The molecule has 268 valence electrons. The molecule has 9 aromatic carbocycles. The van der Waals surface area contributed by atoms with Crippen molar-refractivity contribution in [3.05, 3.63) is 247 Å². The fraction of sp³-hybridized carbons (Fsp3) is 0.0182. The predicted octanol–water partition coefficient (Wildman–Crippen LogP) is 15.2. The minimum atomic E-state index is -0.396. The number of para-hydroxylation sites is 1. The Morgan fingerprint density at radius 3 is 1.54 bits per heavy atom. The largest absolute Gasteiger partial charge is 0.311 e. The van der Waals surface area contributed by atoms with Crippen LogP contribution in [0.25, 0.3) is 53.6 Å². The van der Waals surface area contributed by atoms with Gasteiger partial charge in [-0.15, -0.1) is 11.3 Å². The molecule has 1 heterocycles. The lowest BCUT2D eigenvalue weighted by Crippen LogP contribution is -2.28. The summed E-state index contributed by atoms with van der Waals surface area (Å²) in [6.07, 6.45) is 0. The van der Waals surface area contributed by atoms with Crippen LogP contribution >= 0.6 is 11.3 Å². The first-order valence-electron chi connectivity index (χ1n) is 19.6. The van der Waals surface area contributed by atoms with Gasteiger partial charge < -0.3 is 4.90 Å². The Morgan fingerprint density at radius 2 is 0.842 bits per heavy atom. The molecule has 1 aromatic heterocycles. The van der Waals surface area contributed by atoms with Gasteiger partial charge in [0.25, 0.3) is 0 Å². The minimum Gasteiger partial charge on any atom is -0.311 e. The SMILES string of the molecule is c1ccc(N(c2ccc(-c3ccc4c(c3)-c3ccccc3C4(c3ccccc3)c3ccccc3)cc2)c2ccc(-c3cccc4c3sc3ccccc34)cc2)cc1. The summed E-state index contributed by atoms with van der Waals surface area (Å²) in [5.74, 6) is 0. The molecule has 0 saturated carbocycles. The zero-order valence-electron chi connectivity index (χ0n) is 31.2. The molecular formula is C55H37NS. The smallest absolute Gasteiger partial charge is 0.0713 e. The standard InChI is InChI=1S/C55H37NS/c1-4-15-41(16-5-1)55(42-17-6-2-7-18-42)51-25-12-10-21-47(51)50-37-40(31-36-52(50)55)38-27-32-44(33-28-38)56(43-19-8-3-9-20-43)45-34-29-39(30-35-45)46-23-14-24-49-48-22-11-13-26-53(48)57-54(46)49/h1-37H. The fourth-order valence-electron chi connectivity index (χ4n) is 9.22. The maximum atomic E-state index is 2.40. The molecule has 0 radical (unpaired) electrons. The number of benzene rings is 9. The van der Waals surface area contributed by atoms with E-state index in [-0.39, 0.29) is 0 Å². The summed E-state index contributed by atoms with van der Waals surface area (Å²) >= 11 is 1.88. The molecule has 0 spiro atoms. The van der Waals surface area contributed by atoms with Crippen LogP contribution in [0.1, 0.15) is 22.3 Å². The van der Waals surface area contributed by atoms with E-state index in [1.54, 1.807) is 0 Å². The first-order chi connectivity index (χ1) is 28.3. The van der Waals surface area contributed by atoms with Crippen molar-refractivity contribution in [2.24, 2.45) is 0 Å². The highest BCUT2D eigenvalue weighted by molar-refractivity contribution is 7.26. The lowest BCUT2D eigenvalue weighted by molar-refractivity contribution is 0.768. The van der Waals surface area contributed by atoms with Crippen LogP contribution in [-0.4, -0.2) is 0 Å². The molecule has 0 saturated heterocycles. The Morgan fingerprint density at radius 1 is 0.333 bits per heavy atom. The van der Waals surface area contributed by atoms with Gasteiger partial charge in [-0.25, -0.2) is 0 Å². The van der Waals surface area contributed by atoms with Crippen LogP contribution in [0, 0.1) is 0 Å². The van der Waals surface area contributed by atoms with Crippen molar-refractivity contribution < 1.29 is 0 Å². The van der Waals surface area contributed by atoms with E-state index in [2.05, 4.69) is 229 Å². The van der Waals surface area contributed by atoms with Crippen molar-refractivity contribution in [3.8, 4) is 33.4 Å². The molecule has 0 aliphatic heterocycles. The van der Waals surface area contributed by atoms with Gasteiger partial charge >= 0.3 is 0 Å². The van der Waals surface area contributed by atoms with E-state index in [1.807, 2.05) is 11.3 Å². The van der Waals surface area contributed by atoms with Crippen molar-refractivity contribution in [1.29, 1.82) is 0 Å². The average Bonchev–Trinajstić information content (AvgIpc) is 3.82. The maximum absolute atomic E-state index is 2.40. The molecule has 1 nitrogen and oxygen atoms in total. The summed E-state index contributed by atoms with van der Waals surface area (Å²) in [4.78, 5) is 2.35. The van der Waals surface area contributed by atoms with Gasteiger partial charge in [0.2, 0.25) is 0 Å². The van der Waals surface area contributed by atoms with Crippen molar-refractivity contribution >= 4 is 48.6 Å². The van der Waals surface area contributed by atoms with Gasteiger partial charge in [-0.05, 0) is 104 Å². The fourth-order valence-corrected chi connectivity index (χ4v) is 10.5. The van der Waals surface area contributed by atoms with E-state index in [0.717, 1.165) is 17.1 Å². The Bertz CT molecular complexity index is 3000. The zero-order chi connectivity index (χ0) is 37.8. The molecule has 0 bridgehead atoms. The summed E-state index contributed by atoms with van der Waals surface area (Å²) in [6.45, 7) is 0. The minimum absolute atomic E-state index is 0.396.